The molecule has 0 aliphatic rings. The van der Waals surface area contributed by atoms with Crippen molar-refractivity contribution < 1.29 is 20.0 Å². The van der Waals surface area contributed by atoms with E-state index in [9.17, 15) is 13.2 Å². The molecule has 25 heavy (non-hydrogen) atoms. The number of halogens is 3. The van der Waals surface area contributed by atoms with Gasteiger partial charge in [0.2, 0.25) is 0 Å². The molecule has 0 amide bonds. The average Bonchev–Trinajstić information content (AvgIpc) is 2.67. The molecule has 3 rings (SSSR count). The third-order valence-corrected chi connectivity index (χ3v) is 3.77. The molecule has 128 valence electrons. The number of hydrogen-bond donors (Lipinski definition) is 0. The molecule has 0 saturated heterocycles. The summed E-state index contributed by atoms with van der Waals surface area (Å²) >= 11 is 0. The fourth-order valence-electron chi connectivity index (χ4n) is 2.63. The van der Waals surface area contributed by atoms with Crippen molar-refractivity contribution in [2.75, 3.05) is 0 Å². The molecule has 0 radical (unpaired) electrons. The van der Waals surface area contributed by atoms with Crippen molar-refractivity contribution in [3.05, 3.63) is 77.5 Å². The predicted octanol–water partition coefficient (Wildman–Crippen LogP) is 6.14. The van der Waals surface area contributed by atoms with Gasteiger partial charge in [-0.2, -0.15) is 13.2 Å². The molecule has 2 aromatic carbocycles. The quantitative estimate of drug-likeness (QED) is 0.555. The first-order valence-corrected chi connectivity index (χ1v) is 7.56. The summed E-state index contributed by atoms with van der Waals surface area (Å²) in [6.45, 7) is -0.654. The number of aryl methyl sites for hydroxylation is 2. The molecule has 0 aliphatic heterocycles. The lowest BCUT2D eigenvalue weighted by Gasteiger charge is -2.13. The molecule has 0 atom stereocenters. The molecule has 0 aliphatic carbocycles. The van der Waals surface area contributed by atoms with Crippen LogP contribution in [0.25, 0.3) is 22.4 Å². The topological polar surface area (TPSA) is 12.9 Å². The van der Waals surface area contributed by atoms with E-state index < -0.39 is 25.0 Å². The van der Waals surface area contributed by atoms with E-state index in [2.05, 4.69) is 4.98 Å². The van der Waals surface area contributed by atoms with Gasteiger partial charge in [-0.05, 0) is 53.7 Å². The first-order valence-electron chi connectivity index (χ1n) is 10.1. The highest BCUT2D eigenvalue weighted by molar-refractivity contribution is 5.76. The normalized spacial score (nSPS) is 15.6. The van der Waals surface area contributed by atoms with Crippen LogP contribution in [0.5, 0.6) is 0 Å². The summed E-state index contributed by atoms with van der Waals surface area (Å²) in [6, 6.07) is 14.5. The molecule has 1 heterocycles. The predicted molar refractivity (Wildman–Crippen MR) is 94.3 cm³/mol. The van der Waals surface area contributed by atoms with Crippen LogP contribution in [0, 0.1) is 13.8 Å². The van der Waals surface area contributed by atoms with Gasteiger partial charge in [0.1, 0.15) is 0 Å². The summed E-state index contributed by atoms with van der Waals surface area (Å²) in [5.74, 6) is 0. The highest BCUT2D eigenvalue weighted by Gasteiger charge is 2.27. The maximum absolute atomic E-state index is 12.9. The molecule has 0 unspecified atom stereocenters. The SMILES string of the molecule is [2H]C([2H])([2H])c1cc(C)c(-c2ccc(C([2H])([2H])C(F)(F)F)cn2)cc1-c1ccccc1. The summed E-state index contributed by atoms with van der Waals surface area (Å²) in [4.78, 5) is 4.04. The lowest BCUT2D eigenvalue weighted by Crippen LogP contribution is -2.11. The van der Waals surface area contributed by atoms with Crippen molar-refractivity contribution in [2.24, 2.45) is 0 Å². The highest BCUT2D eigenvalue weighted by Crippen LogP contribution is 2.31. The summed E-state index contributed by atoms with van der Waals surface area (Å²) in [7, 11) is 0. The van der Waals surface area contributed by atoms with Gasteiger partial charge >= 0.3 is 6.18 Å². The van der Waals surface area contributed by atoms with Crippen molar-refractivity contribution >= 4 is 0 Å². The van der Waals surface area contributed by atoms with Gasteiger partial charge in [0.05, 0.1) is 12.1 Å². The van der Waals surface area contributed by atoms with Crippen LogP contribution < -0.4 is 0 Å². The maximum atomic E-state index is 12.9. The summed E-state index contributed by atoms with van der Waals surface area (Å²) < 4.78 is 77.1. The van der Waals surface area contributed by atoms with Gasteiger partial charge in [0.25, 0.3) is 0 Å². The summed E-state index contributed by atoms with van der Waals surface area (Å²) in [6.07, 6.45) is -7.72. The minimum Gasteiger partial charge on any atom is -0.256 e. The van der Waals surface area contributed by atoms with E-state index >= 15 is 0 Å². The number of pyridine rings is 1. The van der Waals surface area contributed by atoms with Crippen LogP contribution in [0.3, 0.4) is 0 Å². The highest BCUT2D eigenvalue weighted by atomic mass is 19.4. The Labute approximate surface area is 152 Å². The second kappa shape index (κ2) is 6.71. The zero-order valence-corrected chi connectivity index (χ0v) is 13.4. The Morgan fingerprint density at radius 3 is 2.36 bits per heavy atom. The van der Waals surface area contributed by atoms with Crippen LogP contribution in [-0.2, 0) is 6.37 Å². The molecule has 0 N–H and O–H groups in total. The zero-order valence-electron chi connectivity index (χ0n) is 18.4. The van der Waals surface area contributed by atoms with Gasteiger partial charge in [-0.1, -0.05) is 42.5 Å². The van der Waals surface area contributed by atoms with Gasteiger partial charge in [0, 0.05) is 18.6 Å². The summed E-state index contributed by atoms with van der Waals surface area (Å²) in [5.41, 5.74) is 2.21. The molecular formula is C21H18F3N. The van der Waals surface area contributed by atoms with E-state index in [1.54, 1.807) is 37.3 Å². The third-order valence-electron chi connectivity index (χ3n) is 3.77. The van der Waals surface area contributed by atoms with E-state index in [0.717, 1.165) is 12.3 Å². The molecule has 0 fully saturated rings. The second-order valence-corrected chi connectivity index (χ2v) is 5.63. The Bertz CT molecular complexity index is 1040. The molecule has 0 bridgehead atoms. The fourth-order valence-corrected chi connectivity index (χ4v) is 2.63. The number of hydrogen-bond acceptors (Lipinski definition) is 1. The molecule has 3 aromatic rings. The summed E-state index contributed by atoms with van der Waals surface area (Å²) in [5, 5.41) is 0. The third kappa shape index (κ3) is 4.08. The molecule has 0 spiro atoms. The minimum absolute atomic E-state index is 0.167. The van der Waals surface area contributed by atoms with Crippen LogP contribution in [0.15, 0.2) is 60.8 Å². The van der Waals surface area contributed by atoms with Gasteiger partial charge in [-0.25, -0.2) is 0 Å². The van der Waals surface area contributed by atoms with Crippen molar-refractivity contribution in [2.45, 2.75) is 26.3 Å². The Balaban J connectivity index is 2.13. The lowest BCUT2D eigenvalue weighted by atomic mass is 9.93. The van der Waals surface area contributed by atoms with Gasteiger partial charge < -0.3 is 0 Å². The first-order chi connectivity index (χ1) is 13.8. The Kier molecular flexibility index (Phi) is 3.18. The van der Waals surface area contributed by atoms with Gasteiger partial charge in [-0.3, -0.25) is 4.98 Å². The molecule has 4 heteroatoms. The second-order valence-electron chi connectivity index (χ2n) is 5.63. The van der Waals surface area contributed by atoms with Gasteiger partial charge in [-0.15, -0.1) is 0 Å². The monoisotopic (exact) mass is 346 g/mol. The largest absolute Gasteiger partial charge is 0.393 e. The van der Waals surface area contributed by atoms with Crippen LogP contribution in [0.1, 0.15) is 23.5 Å². The van der Waals surface area contributed by atoms with E-state index in [4.69, 9.17) is 6.85 Å². The van der Waals surface area contributed by atoms with E-state index in [-0.39, 0.29) is 5.56 Å². The van der Waals surface area contributed by atoms with Crippen molar-refractivity contribution in [1.29, 1.82) is 0 Å². The molecule has 1 aromatic heterocycles. The van der Waals surface area contributed by atoms with Crippen molar-refractivity contribution in [3.63, 3.8) is 0 Å². The van der Waals surface area contributed by atoms with Crippen molar-refractivity contribution in [3.8, 4) is 22.4 Å². The Morgan fingerprint density at radius 1 is 1.00 bits per heavy atom. The molecule has 1 nitrogen and oxygen atoms in total. The van der Waals surface area contributed by atoms with E-state index in [1.165, 1.54) is 12.1 Å². The number of rotatable bonds is 3. The van der Waals surface area contributed by atoms with Crippen LogP contribution >= 0.6 is 0 Å². The van der Waals surface area contributed by atoms with Crippen molar-refractivity contribution in [1.82, 2.24) is 4.98 Å². The van der Waals surface area contributed by atoms with E-state index in [1.807, 2.05) is 6.07 Å². The Hall–Kier alpha value is -2.62. The number of nitrogens with zero attached hydrogens (tertiary/aromatic N) is 1. The van der Waals surface area contributed by atoms with Crippen LogP contribution in [0.2, 0.25) is 0 Å². The van der Waals surface area contributed by atoms with E-state index in [0.29, 0.717) is 27.9 Å². The fraction of sp³-hybridized carbons (Fsp3) is 0.190. The number of alkyl halides is 3. The van der Waals surface area contributed by atoms with Gasteiger partial charge in [0.15, 0.2) is 0 Å². The Morgan fingerprint density at radius 2 is 1.76 bits per heavy atom. The lowest BCUT2D eigenvalue weighted by molar-refractivity contribution is -0.127. The standard InChI is InChI=1S/C21H18F3N/c1-14-10-15(2)19(11-18(14)17-6-4-3-5-7-17)20-9-8-16(13-25-20)12-21(22,23)24/h3-11,13H,12H2,1-2H3/i1D3,12D2. The maximum Gasteiger partial charge on any atom is 0.393 e. The van der Waals surface area contributed by atoms with Crippen LogP contribution in [-0.4, -0.2) is 11.2 Å². The smallest absolute Gasteiger partial charge is 0.256 e. The zero-order chi connectivity index (χ0) is 22.3. The first kappa shape index (κ1) is 11.9. The number of aromatic nitrogens is 1. The minimum atomic E-state index is -5.06. The molecule has 0 saturated carbocycles. The number of benzene rings is 2. The average molecular weight is 346 g/mol. The van der Waals surface area contributed by atoms with Crippen LogP contribution in [0.4, 0.5) is 13.2 Å². The molecular weight excluding hydrogens is 323 g/mol.